The summed E-state index contributed by atoms with van der Waals surface area (Å²) in [7, 11) is 2.23. The van der Waals surface area contributed by atoms with Crippen LogP contribution in [0.25, 0.3) is 0 Å². The van der Waals surface area contributed by atoms with Gasteiger partial charge in [-0.3, -0.25) is 4.90 Å². The van der Waals surface area contributed by atoms with Crippen LogP contribution in [0.3, 0.4) is 0 Å². The third-order valence-electron chi connectivity index (χ3n) is 6.54. The Balaban J connectivity index is 1.32. The second kappa shape index (κ2) is 6.93. The molecule has 2 aliphatic heterocycles. The van der Waals surface area contributed by atoms with Gasteiger partial charge in [-0.15, -0.1) is 5.10 Å². The van der Waals surface area contributed by atoms with Crippen LogP contribution in [0.5, 0.6) is 0 Å². The summed E-state index contributed by atoms with van der Waals surface area (Å²) in [6.07, 6.45) is 5.01. The highest BCUT2D eigenvalue weighted by molar-refractivity contribution is 4.98. The van der Waals surface area contributed by atoms with Crippen LogP contribution >= 0.6 is 0 Å². The number of piperidine rings is 1. The fraction of sp³-hybridized carbons (Fsp3) is 0.944. The number of likely N-dealkylation sites (tertiary alicyclic amines) is 1. The first-order valence-corrected chi connectivity index (χ1v) is 9.97. The molecule has 140 valence electrons. The maximum absolute atomic E-state index is 4.34. The van der Waals surface area contributed by atoms with Crippen LogP contribution < -0.4 is 0 Å². The van der Waals surface area contributed by atoms with Crippen molar-refractivity contribution in [1.82, 2.24) is 34.9 Å². The summed E-state index contributed by atoms with van der Waals surface area (Å²) in [6, 6.07) is 0.878. The number of nitrogens with zero attached hydrogens (tertiary/aromatic N) is 7. The monoisotopic (exact) mass is 347 g/mol. The van der Waals surface area contributed by atoms with E-state index in [0.717, 1.165) is 18.9 Å². The lowest BCUT2D eigenvalue weighted by atomic mass is 9.79. The molecular weight excluding hydrogens is 314 g/mol. The molecule has 3 fully saturated rings. The minimum absolute atomic E-state index is 0.323. The molecule has 0 N–H and O–H groups in total. The molecule has 7 heteroatoms. The normalized spacial score (nSPS) is 27.5. The van der Waals surface area contributed by atoms with Crippen molar-refractivity contribution in [2.45, 2.75) is 51.6 Å². The molecule has 1 aliphatic carbocycles. The molecule has 1 atom stereocenters. The summed E-state index contributed by atoms with van der Waals surface area (Å²) in [5.41, 5.74) is 0.453. The first kappa shape index (κ1) is 17.4. The Morgan fingerprint density at radius 2 is 1.76 bits per heavy atom. The lowest BCUT2D eigenvalue weighted by molar-refractivity contribution is 0.0395. The van der Waals surface area contributed by atoms with Crippen LogP contribution in [0.4, 0.5) is 0 Å². The van der Waals surface area contributed by atoms with Gasteiger partial charge < -0.3 is 9.80 Å². The molecule has 1 aromatic rings. The molecule has 1 saturated carbocycles. The average Bonchev–Trinajstić information content (AvgIpc) is 3.34. The van der Waals surface area contributed by atoms with Crippen LogP contribution in [-0.4, -0.2) is 87.8 Å². The zero-order valence-electron chi connectivity index (χ0n) is 16.1. The van der Waals surface area contributed by atoms with Crippen molar-refractivity contribution in [2.75, 3.05) is 52.9 Å². The zero-order valence-corrected chi connectivity index (χ0v) is 16.1. The Kier molecular flexibility index (Phi) is 4.81. The Bertz CT molecular complexity index is 566. The smallest absolute Gasteiger partial charge is 0.168 e. The molecule has 2 saturated heterocycles. The van der Waals surface area contributed by atoms with E-state index < -0.39 is 0 Å². The van der Waals surface area contributed by atoms with Crippen molar-refractivity contribution in [3.8, 4) is 0 Å². The van der Waals surface area contributed by atoms with E-state index >= 15 is 0 Å². The van der Waals surface area contributed by atoms with Crippen molar-refractivity contribution < 1.29 is 0 Å². The topological polar surface area (TPSA) is 53.3 Å². The van der Waals surface area contributed by atoms with Gasteiger partial charge in [-0.1, -0.05) is 6.92 Å². The third-order valence-corrected chi connectivity index (χ3v) is 6.54. The average molecular weight is 348 g/mol. The highest BCUT2D eigenvalue weighted by atomic mass is 15.6. The first-order chi connectivity index (χ1) is 12.0. The molecule has 3 heterocycles. The van der Waals surface area contributed by atoms with E-state index in [1.807, 2.05) is 0 Å². The fourth-order valence-electron chi connectivity index (χ4n) is 4.37. The van der Waals surface area contributed by atoms with Crippen molar-refractivity contribution >= 4 is 0 Å². The molecule has 0 amide bonds. The molecule has 7 nitrogen and oxygen atoms in total. The van der Waals surface area contributed by atoms with Gasteiger partial charge in [0.1, 0.15) is 0 Å². The minimum Gasteiger partial charge on any atom is -0.304 e. The minimum atomic E-state index is 0.323. The van der Waals surface area contributed by atoms with Crippen LogP contribution in [0.15, 0.2) is 0 Å². The van der Waals surface area contributed by atoms with Crippen molar-refractivity contribution in [3.63, 3.8) is 0 Å². The largest absolute Gasteiger partial charge is 0.304 e. The van der Waals surface area contributed by atoms with Gasteiger partial charge in [0.05, 0.1) is 12.1 Å². The molecule has 0 bridgehead atoms. The van der Waals surface area contributed by atoms with E-state index in [1.165, 1.54) is 58.4 Å². The Hall–Kier alpha value is -1.05. The number of rotatable bonds is 5. The first-order valence-electron chi connectivity index (χ1n) is 9.97. The van der Waals surface area contributed by atoms with Gasteiger partial charge >= 0.3 is 0 Å². The van der Waals surface area contributed by atoms with Gasteiger partial charge in [0, 0.05) is 32.7 Å². The molecule has 3 aliphatic rings. The number of aromatic nitrogens is 4. The van der Waals surface area contributed by atoms with Gasteiger partial charge in [-0.05, 0) is 68.6 Å². The van der Waals surface area contributed by atoms with E-state index in [2.05, 4.69) is 55.8 Å². The maximum Gasteiger partial charge on any atom is 0.168 e. The molecule has 4 rings (SSSR count). The van der Waals surface area contributed by atoms with Crippen LogP contribution in [-0.2, 0) is 0 Å². The summed E-state index contributed by atoms with van der Waals surface area (Å²) in [4.78, 5) is 7.69. The number of tetrazole rings is 1. The van der Waals surface area contributed by atoms with E-state index in [4.69, 9.17) is 0 Å². The summed E-state index contributed by atoms with van der Waals surface area (Å²) in [6.45, 7) is 13.2. The van der Waals surface area contributed by atoms with Crippen LogP contribution in [0, 0.1) is 5.41 Å². The lowest BCUT2D eigenvalue weighted by Gasteiger charge is -2.45. The summed E-state index contributed by atoms with van der Waals surface area (Å²) >= 11 is 0. The van der Waals surface area contributed by atoms with E-state index in [-0.39, 0.29) is 0 Å². The molecule has 0 aromatic carbocycles. The van der Waals surface area contributed by atoms with Gasteiger partial charge in [0.2, 0.25) is 0 Å². The highest BCUT2D eigenvalue weighted by Gasteiger charge is 2.36. The van der Waals surface area contributed by atoms with Crippen molar-refractivity contribution in [1.29, 1.82) is 0 Å². The summed E-state index contributed by atoms with van der Waals surface area (Å²) < 4.78 is 2.07. The van der Waals surface area contributed by atoms with Crippen molar-refractivity contribution in [3.05, 3.63) is 5.82 Å². The fourth-order valence-corrected chi connectivity index (χ4v) is 4.37. The Morgan fingerprint density at radius 1 is 1.08 bits per heavy atom. The second-order valence-corrected chi connectivity index (χ2v) is 8.81. The van der Waals surface area contributed by atoms with Gasteiger partial charge in [0.15, 0.2) is 5.82 Å². The van der Waals surface area contributed by atoms with E-state index in [1.54, 1.807) is 0 Å². The molecule has 1 aromatic heterocycles. The third kappa shape index (κ3) is 3.88. The Morgan fingerprint density at radius 3 is 2.40 bits per heavy atom. The van der Waals surface area contributed by atoms with E-state index in [9.17, 15) is 0 Å². The Labute approximate surface area is 151 Å². The number of piperazine rings is 1. The van der Waals surface area contributed by atoms with Gasteiger partial charge in [-0.2, -0.15) is 0 Å². The van der Waals surface area contributed by atoms with Gasteiger partial charge in [-0.25, -0.2) is 4.68 Å². The predicted octanol–water partition coefficient (Wildman–Crippen LogP) is 1.42. The lowest BCUT2D eigenvalue weighted by Crippen LogP contribution is -2.50. The number of hydrogen-bond donors (Lipinski definition) is 0. The molecular formula is C18H33N7. The number of hydrogen-bond acceptors (Lipinski definition) is 6. The molecule has 25 heavy (non-hydrogen) atoms. The standard InChI is InChI=1S/C18H33N7/c1-15(17-19-20-21-25(17)16-4-5-16)24-8-6-18(2,7-9-24)14-23-12-10-22(3)11-13-23/h15-16H,4-14H2,1-3H3. The maximum atomic E-state index is 4.34. The zero-order chi connectivity index (χ0) is 17.4. The quantitative estimate of drug-likeness (QED) is 0.803. The van der Waals surface area contributed by atoms with E-state index in [0.29, 0.717) is 17.5 Å². The number of likely N-dealkylation sites (N-methyl/N-ethyl adjacent to an activating group) is 1. The second-order valence-electron chi connectivity index (χ2n) is 8.81. The summed E-state index contributed by atoms with van der Waals surface area (Å²) in [5, 5.41) is 12.5. The summed E-state index contributed by atoms with van der Waals surface area (Å²) in [5.74, 6) is 1.06. The molecule has 0 spiro atoms. The van der Waals surface area contributed by atoms with Crippen LogP contribution in [0.1, 0.15) is 57.4 Å². The molecule has 0 radical (unpaired) electrons. The molecule has 1 unspecified atom stereocenters. The SMILES string of the molecule is CC(c1nnnn1C1CC1)N1CCC(C)(CN2CCN(C)CC2)CC1. The van der Waals surface area contributed by atoms with Gasteiger partial charge in [0.25, 0.3) is 0 Å². The highest BCUT2D eigenvalue weighted by Crippen LogP contribution is 2.38. The predicted molar refractivity (Wildman–Crippen MR) is 97.4 cm³/mol. The van der Waals surface area contributed by atoms with Crippen LogP contribution in [0.2, 0.25) is 0 Å². The van der Waals surface area contributed by atoms with Crippen molar-refractivity contribution in [2.24, 2.45) is 5.41 Å².